The summed E-state index contributed by atoms with van der Waals surface area (Å²) in [6.45, 7) is 8.52. The Bertz CT molecular complexity index is 241. The lowest BCUT2D eigenvalue weighted by atomic mass is 10.5. The summed E-state index contributed by atoms with van der Waals surface area (Å²) in [4.78, 5) is 1.81. The van der Waals surface area contributed by atoms with Gasteiger partial charge in [-0.1, -0.05) is 0 Å². The highest BCUT2D eigenvalue weighted by Gasteiger charge is 2.21. The molecule has 6 heteroatoms. The third kappa shape index (κ3) is 4.72. The minimum atomic E-state index is -4.28. The summed E-state index contributed by atoms with van der Waals surface area (Å²) in [5.74, 6) is 0.411. The molecule has 0 aliphatic rings. The number of nitrogens with zero attached hydrogens (tertiary/aromatic N) is 2. The van der Waals surface area contributed by atoms with Crippen LogP contribution in [0.5, 0.6) is 0 Å². The summed E-state index contributed by atoms with van der Waals surface area (Å²) in [5.41, 5.74) is 0. The molecule has 0 saturated heterocycles. The zero-order valence-electron chi connectivity index (χ0n) is 9.16. The van der Waals surface area contributed by atoms with Crippen LogP contribution in [-0.4, -0.2) is 30.4 Å². The molecular formula is C8H18FN2O2P. The Hall–Kier alpha value is -0.410. The van der Waals surface area contributed by atoms with Crippen molar-refractivity contribution in [2.45, 2.75) is 27.7 Å². The fourth-order valence-electron chi connectivity index (χ4n) is 1.11. The molecule has 0 radical (unpaired) electrons. The molecule has 1 unspecified atom stereocenters. The number of amidine groups is 1. The van der Waals surface area contributed by atoms with Crippen LogP contribution in [0.2, 0.25) is 0 Å². The molecule has 0 saturated carbocycles. The first-order chi connectivity index (χ1) is 6.46. The van der Waals surface area contributed by atoms with Gasteiger partial charge in [0.15, 0.2) is 0 Å². The smallest absolute Gasteiger partial charge is 0.361 e. The zero-order chi connectivity index (χ0) is 11.2. The van der Waals surface area contributed by atoms with Crippen LogP contribution in [0.4, 0.5) is 4.20 Å². The highest BCUT2D eigenvalue weighted by atomic mass is 31.2. The van der Waals surface area contributed by atoms with Crippen molar-refractivity contribution < 1.29 is 13.3 Å². The standard InChI is InChI=1S/C8H18FN2O2P/c1-5-11(6-2)8(4)10-14(9,12)13-7-3/h5-7H2,1-4H3. The molecule has 0 bridgehead atoms. The first-order valence-corrected chi connectivity index (χ1v) is 6.19. The van der Waals surface area contributed by atoms with E-state index in [1.54, 1.807) is 13.8 Å². The summed E-state index contributed by atoms with van der Waals surface area (Å²) in [5, 5.41) is 0. The maximum Gasteiger partial charge on any atom is 0.493 e. The van der Waals surface area contributed by atoms with Crippen LogP contribution < -0.4 is 0 Å². The average molecular weight is 224 g/mol. The fraction of sp³-hybridized carbons (Fsp3) is 0.875. The second kappa shape index (κ2) is 6.14. The quantitative estimate of drug-likeness (QED) is 0.409. The molecular weight excluding hydrogens is 206 g/mol. The average Bonchev–Trinajstić information content (AvgIpc) is 2.04. The second-order valence-electron chi connectivity index (χ2n) is 2.69. The molecule has 84 valence electrons. The third-order valence-corrected chi connectivity index (χ3v) is 2.88. The Balaban J connectivity index is 4.55. The van der Waals surface area contributed by atoms with E-state index >= 15 is 0 Å². The minimum Gasteiger partial charge on any atom is -0.361 e. The molecule has 0 spiro atoms. The van der Waals surface area contributed by atoms with Crippen molar-refractivity contribution in [3.05, 3.63) is 0 Å². The van der Waals surface area contributed by atoms with Crippen molar-refractivity contribution in [2.24, 2.45) is 4.76 Å². The van der Waals surface area contributed by atoms with Gasteiger partial charge in [-0.05, 0) is 27.7 Å². The number of rotatable bonds is 5. The van der Waals surface area contributed by atoms with Gasteiger partial charge in [0.05, 0.1) is 6.61 Å². The Morgan fingerprint density at radius 3 is 2.29 bits per heavy atom. The number of hydrogen-bond donors (Lipinski definition) is 0. The number of hydrogen-bond acceptors (Lipinski definition) is 2. The van der Waals surface area contributed by atoms with Crippen molar-refractivity contribution >= 4 is 13.7 Å². The van der Waals surface area contributed by atoms with Crippen molar-refractivity contribution in [2.75, 3.05) is 19.7 Å². The van der Waals surface area contributed by atoms with Crippen LogP contribution in [0.15, 0.2) is 4.76 Å². The van der Waals surface area contributed by atoms with E-state index in [9.17, 15) is 8.76 Å². The summed E-state index contributed by atoms with van der Waals surface area (Å²) in [7, 11) is -4.28. The fourth-order valence-corrected chi connectivity index (χ4v) is 1.95. The maximum absolute atomic E-state index is 13.1. The summed E-state index contributed by atoms with van der Waals surface area (Å²) >= 11 is 0. The lowest BCUT2D eigenvalue weighted by Crippen LogP contribution is -2.28. The van der Waals surface area contributed by atoms with Gasteiger partial charge in [0.1, 0.15) is 5.84 Å². The van der Waals surface area contributed by atoms with Gasteiger partial charge in [0, 0.05) is 13.1 Å². The summed E-state index contributed by atoms with van der Waals surface area (Å²) in [6.07, 6.45) is 0. The van der Waals surface area contributed by atoms with E-state index in [0.717, 1.165) is 0 Å². The molecule has 0 rings (SSSR count). The number of halogens is 1. The molecule has 0 heterocycles. The van der Waals surface area contributed by atoms with Crippen LogP contribution in [0.1, 0.15) is 27.7 Å². The molecule has 0 aromatic heterocycles. The molecule has 0 N–H and O–H groups in total. The minimum absolute atomic E-state index is 0.0583. The SMILES string of the molecule is CCOP(=O)(F)N=C(C)N(CC)CC. The van der Waals surface area contributed by atoms with Gasteiger partial charge in [-0.15, -0.1) is 4.20 Å². The van der Waals surface area contributed by atoms with Gasteiger partial charge in [0.25, 0.3) is 0 Å². The first-order valence-electron chi connectivity index (χ1n) is 4.72. The van der Waals surface area contributed by atoms with Gasteiger partial charge < -0.3 is 4.90 Å². The molecule has 4 nitrogen and oxygen atoms in total. The normalized spacial score (nSPS) is 16.5. The van der Waals surface area contributed by atoms with E-state index in [-0.39, 0.29) is 6.61 Å². The van der Waals surface area contributed by atoms with E-state index in [1.165, 1.54) is 0 Å². The Labute approximate surface area is 84.8 Å². The van der Waals surface area contributed by atoms with Gasteiger partial charge >= 0.3 is 7.83 Å². The molecule has 0 aliphatic heterocycles. The molecule has 0 fully saturated rings. The predicted molar refractivity (Wildman–Crippen MR) is 56.4 cm³/mol. The highest BCUT2D eigenvalue weighted by Crippen LogP contribution is 2.50. The summed E-state index contributed by atoms with van der Waals surface area (Å²) in [6, 6.07) is 0. The van der Waals surface area contributed by atoms with Crippen LogP contribution in [0.25, 0.3) is 0 Å². The lowest BCUT2D eigenvalue weighted by molar-refractivity contribution is 0.304. The topological polar surface area (TPSA) is 41.9 Å². The summed E-state index contributed by atoms with van der Waals surface area (Å²) < 4.78 is 32.0. The second-order valence-corrected chi connectivity index (χ2v) is 4.05. The van der Waals surface area contributed by atoms with Gasteiger partial charge in [-0.25, -0.2) is 4.57 Å². The van der Waals surface area contributed by atoms with Crippen LogP contribution >= 0.6 is 7.83 Å². The lowest BCUT2D eigenvalue weighted by Gasteiger charge is -2.20. The third-order valence-electron chi connectivity index (χ3n) is 1.77. The van der Waals surface area contributed by atoms with Crippen molar-refractivity contribution in [3.8, 4) is 0 Å². The molecule has 0 aromatic rings. The van der Waals surface area contributed by atoms with E-state index in [2.05, 4.69) is 9.29 Å². The molecule has 0 aromatic carbocycles. The Kier molecular flexibility index (Phi) is 5.96. The van der Waals surface area contributed by atoms with Crippen molar-refractivity contribution in [1.29, 1.82) is 0 Å². The van der Waals surface area contributed by atoms with Gasteiger partial charge in [-0.2, -0.15) is 4.76 Å². The van der Waals surface area contributed by atoms with Gasteiger partial charge in [-0.3, -0.25) is 4.52 Å². The zero-order valence-corrected chi connectivity index (χ0v) is 10.1. The molecule has 14 heavy (non-hydrogen) atoms. The van der Waals surface area contributed by atoms with Gasteiger partial charge in [0.2, 0.25) is 0 Å². The first kappa shape index (κ1) is 13.6. The Morgan fingerprint density at radius 2 is 1.93 bits per heavy atom. The monoisotopic (exact) mass is 224 g/mol. The van der Waals surface area contributed by atoms with Crippen molar-refractivity contribution in [1.82, 2.24) is 4.90 Å². The van der Waals surface area contributed by atoms with Crippen LogP contribution in [0.3, 0.4) is 0 Å². The molecule has 1 atom stereocenters. The van der Waals surface area contributed by atoms with E-state index in [4.69, 9.17) is 0 Å². The van der Waals surface area contributed by atoms with E-state index < -0.39 is 7.83 Å². The Morgan fingerprint density at radius 1 is 1.43 bits per heavy atom. The molecule has 0 aliphatic carbocycles. The largest absolute Gasteiger partial charge is 0.493 e. The molecule has 0 amide bonds. The maximum atomic E-state index is 13.1. The predicted octanol–water partition coefficient (Wildman–Crippen LogP) is 2.86. The van der Waals surface area contributed by atoms with E-state index in [1.807, 2.05) is 18.7 Å². The van der Waals surface area contributed by atoms with Crippen molar-refractivity contribution in [3.63, 3.8) is 0 Å². The van der Waals surface area contributed by atoms with Crippen LogP contribution in [0, 0.1) is 0 Å². The van der Waals surface area contributed by atoms with Crippen LogP contribution in [-0.2, 0) is 9.09 Å². The highest BCUT2D eigenvalue weighted by molar-refractivity contribution is 7.52. The van der Waals surface area contributed by atoms with E-state index in [0.29, 0.717) is 18.9 Å².